The van der Waals surface area contributed by atoms with Crippen LogP contribution in [0.2, 0.25) is 5.02 Å². The second kappa shape index (κ2) is 7.81. The number of fused-ring (bicyclic) bond motifs is 1. The van der Waals surface area contributed by atoms with Crippen LogP contribution < -0.4 is 4.90 Å². The molecule has 6 nitrogen and oxygen atoms in total. The zero-order valence-corrected chi connectivity index (χ0v) is 17.4. The average Bonchev–Trinajstić information content (AvgIpc) is 3.17. The first-order valence-corrected chi connectivity index (χ1v) is 10.6. The Morgan fingerprint density at radius 3 is 2.63 bits per heavy atom. The molecular weight excluding hydrogens is 384 g/mol. The molecule has 2 aliphatic rings. The number of amides is 2. The number of benzene rings is 1. The van der Waals surface area contributed by atoms with Gasteiger partial charge in [-0.3, -0.25) is 0 Å². The van der Waals surface area contributed by atoms with Crippen LogP contribution in [0.3, 0.4) is 0 Å². The molecule has 146 valence electrons. The number of urea groups is 1. The van der Waals surface area contributed by atoms with E-state index in [-0.39, 0.29) is 12.1 Å². The molecule has 0 spiro atoms. The van der Waals surface area contributed by atoms with Crippen LogP contribution >= 0.6 is 22.9 Å². The van der Waals surface area contributed by atoms with Crippen LogP contribution in [0.4, 0.5) is 9.93 Å². The van der Waals surface area contributed by atoms with Gasteiger partial charge in [-0.05, 0) is 31.4 Å². The molecule has 2 amide bonds. The summed E-state index contributed by atoms with van der Waals surface area (Å²) in [4.78, 5) is 23.7. The third-order valence-electron chi connectivity index (χ3n) is 5.55. The Hall–Kier alpha value is -1.57. The molecule has 27 heavy (non-hydrogen) atoms. The fourth-order valence-electron chi connectivity index (χ4n) is 3.80. The van der Waals surface area contributed by atoms with E-state index >= 15 is 0 Å². The summed E-state index contributed by atoms with van der Waals surface area (Å²) in [5.41, 5.74) is 2.16. The third-order valence-corrected chi connectivity index (χ3v) is 7.13. The monoisotopic (exact) mass is 408 g/mol. The molecule has 4 rings (SSSR count). The van der Waals surface area contributed by atoms with Crippen molar-refractivity contribution in [3.8, 4) is 0 Å². The summed E-state index contributed by atoms with van der Waals surface area (Å²) in [5.74, 6) is 0. The number of halogens is 1. The highest BCUT2D eigenvalue weighted by atomic mass is 35.5. The fourth-order valence-corrected chi connectivity index (χ4v) is 5.17. The van der Waals surface area contributed by atoms with Crippen molar-refractivity contribution in [2.75, 3.05) is 51.3 Å². The molecule has 2 saturated heterocycles. The second-order valence-corrected chi connectivity index (χ2v) is 8.63. The summed E-state index contributed by atoms with van der Waals surface area (Å²) in [6.45, 7) is 6.53. The Labute approximate surface area is 168 Å². The number of hydrogen-bond donors (Lipinski definition) is 0. The maximum absolute atomic E-state index is 12.7. The maximum atomic E-state index is 12.7. The lowest BCUT2D eigenvalue weighted by Crippen LogP contribution is -2.52. The summed E-state index contributed by atoms with van der Waals surface area (Å²) in [5, 5.41) is 1.80. The lowest BCUT2D eigenvalue weighted by molar-refractivity contribution is 0.0409. The molecule has 3 heterocycles. The summed E-state index contributed by atoms with van der Waals surface area (Å²) in [7, 11) is 1.93. The van der Waals surface area contributed by atoms with E-state index in [4.69, 9.17) is 21.3 Å². The van der Waals surface area contributed by atoms with E-state index in [9.17, 15) is 4.79 Å². The molecule has 2 aromatic rings. The first-order chi connectivity index (χ1) is 13.0. The zero-order valence-electron chi connectivity index (χ0n) is 15.8. The number of aryl methyl sites for hydroxylation is 1. The van der Waals surface area contributed by atoms with Crippen molar-refractivity contribution in [3.05, 3.63) is 22.7 Å². The predicted octanol–water partition coefficient (Wildman–Crippen LogP) is 3.61. The van der Waals surface area contributed by atoms with Gasteiger partial charge in [0.2, 0.25) is 0 Å². The van der Waals surface area contributed by atoms with Gasteiger partial charge in [0.25, 0.3) is 0 Å². The Bertz CT molecular complexity index is 789. The Kier molecular flexibility index (Phi) is 5.43. The summed E-state index contributed by atoms with van der Waals surface area (Å²) < 4.78 is 6.41. The second-order valence-electron chi connectivity index (χ2n) is 7.25. The first-order valence-electron chi connectivity index (χ1n) is 9.44. The van der Waals surface area contributed by atoms with Crippen LogP contribution in [0, 0.1) is 6.92 Å². The number of ether oxygens (including phenoxy) is 1. The average molecular weight is 409 g/mol. The molecule has 0 N–H and O–H groups in total. The number of hydrogen-bond acceptors (Lipinski definition) is 5. The molecule has 1 aromatic heterocycles. The van der Waals surface area contributed by atoms with Crippen LogP contribution in [-0.4, -0.2) is 73.3 Å². The normalized spacial score (nSPS) is 18.9. The number of rotatable bonds is 2. The minimum absolute atomic E-state index is 0.124. The minimum Gasteiger partial charge on any atom is -0.378 e. The largest absolute Gasteiger partial charge is 0.378 e. The van der Waals surface area contributed by atoms with Gasteiger partial charge in [0.1, 0.15) is 0 Å². The van der Waals surface area contributed by atoms with Crippen molar-refractivity contribution in [2.24, 2.45) is 0 Å². The van der Waals surface area contributed by atoms with Crippen LogP contribution in [-0.2, 0) is 4.74 Å². The number of thiazole rings is 1. The van der Waals surface area contributed by atoms with Crippen molar-refractivity contribution in [1.82, 2.24) is 14.8 Å². The Morgan fingerprint density at radius 2 is 1.96 bits per heavy atom. The summed E-state index contributed by atoms with van der Waals surface area (Å²) in [6.07, 6.45) is 1.91. The van der Waals surface area contributed by atoms with Crippen molar-refractivity contribution in [3.63, 3.8) is 0 Å². The van der Waals surface area contributed by atoms with E-state index in [0.29, 0.717) is 26.3 Å². The van der Waals surface area contributed by atoms with Gasteiger partial charge in [-0.2, -0.15) is 0 Å². The van der Waals surface area contributed by atoms with E-state index in [1.54, 1.807) is 11.3 Å². The topological polar surface area (TPSA) is 48.9 Å². The smallest absolute Gasteiger partial charge is 0.320 e. The van der Waals surface area contributed by atoms with Crippen LogP contribution in [0.15, 0.2) is 12.1 Å². The maximum Gasteiger partial charge on any atom is 0.320 e. The van der Waals surface area contributed by atoms with Crippen molar-refractivity contribution in [1.29, 1.82) is 0 Å². The molecule has 0 saturated carbocycles. The molecule has 0 unspecified atom stereocenters. The number of carbonyl (C=O) groups is 1. The summed E-state index contributed by atoms with van der Waals surface area (Å²) in [6, 6.07) is 4.36. The minimum atomic E-state index is 0.124. The van der Waals surface area contributed by atoms with E-state index in [1.807, 2.05) is 29.0 Å². The number of piperidine rings is 1. The molecule has 0 radical (unpaired) electrons. The van der Waals surface area contributed by atoms with Crippen molar-refractivity contribution < 1.29 is 9.53 Å². The van der Waals surface area contributed by atoms with E-state index in [2.05, 4.69) is 11.8 Å². The van der Waals surface area contributed by atoms with Gasteiger partial charge in [-0.25, -0.2) is 9.78 Å². The van der Waals surface area contributed by atoms with Gasteiger partial charge in [-0.1, -0.05) is 29.0 Å². The van der Waals surface area contributed by atoms with Crippen LogP contribution in [0.1, 0.15) is 18.4 Å². The fraction of sp³-hybridized carbons (Fsp3) is 0.579. The van der Waals surface area contributed by atoms with Crippen LogP contribution in [0.25, 0.3) is 10.2 Å². The molecule has 2 aliphatic heterocycles. The van der Waals surface area contributed by atoms with E-state index in [1.165, 1.54) is 0 Å². The quantitative estimate of drug-likeness (QED) is 0.761. The van der Waals surface area contributed by atoms with Crippen LogP contribution in [0.5, 0.6) is 0 Å². The number of morpholine rings is 1. The molecular formula is C19H25ClN4O2S. The molecule has 8 heteroatoms. The van der Waals surface area contributed by atoms with Crippen molar-refractivity contribution >= 4 is 44.3 Å². The van der Waals surface area contributed by atoms with E-state index < -0.39 is 0 Å². The van der Waals surface area contributed by atoms with Crippen molar-refractivity contribution in [2.45, 2.75) is 25.8 Å². The highest BCUT2D eigenvalue weighted by Crippen LogP contribution is 2.36. The Balaban J connectivity index is 1.41. The SMILES string of the molecule is Cc1ccc(Cl)c2sc(N3CCC(N(C)C(=O)N4CCOCC4)CC3)nc12. The van der Waals surface area contributed by atoms with Gasteiger partial charge in [0, 0.05) is 39.3 Å². The van der Waals surface area contributed by atoms with Gasteiger partial charge in [0.05, 0.1) is 28.5 Å². The lowest BCUT2D eigenvalue weighted by atomic mass is 10.0. The predicted molar refractivity (Wildman–Crippen MR) is 110 cm³/mol. The van der Waals surface area contributed by atoms with Gasteiger partial charge < -0.3 is 19.4 Å². The van der Waals surface area contributed by atoms with Gasteiger partial charge >= 0.3 is 6.03 Å². The summed E-state index contributed by atoms with van der Waals surface area (Å²) >= 11 is 8.01. The molecule has 0 aliphatic carbocycles. The molecule has 0 atom stereocenters. The number of carbonyl (C=O) groups excluding carboxylic acids is 1. The first kappa shape index (κ1) is 18.8. The Morgan fingerprint density at radius 1 is 1.26 bits per heavy atom. The molecule has 2 fully saturated rings. The highest BCUT2D eigenvalue weighted by molar-refractivity contribution is 7.22. The molecule has 0 bridgehead atoms. The lowest BCUT2D eigenvalue weighted by Gasteiger charge is -2.39. The van der Waals surface area contributed by atoms with E-state index in [0.717, 1.165) is 51.9 Å². The van der Waals surface area contributed by atoms with Gasteiger partial charge in [-0.15, -0.1) is 0 Å². The van der Waals surface area contributed by atoms with Gasteiger partial charge in [0.15, 0.2) is 5.13 Å². The standard InChI is InChI=1S/C19H25ClN4O2S/c1-13-3-4-15(20)17-16(13)21-18(27-17)23-7-5-14(6-8-23)22(2)19(25)24-9-11-26-12-10-24/h3-4,14H,5-12H2,1-2H3. The zero-order chi connectivity index (χ0) is 19.0. The highest BCUT2D eigenvalue weighted by Gasteiger charge is 2.29. The number of anilines is 1. The molecule has 1 aromatic carbocycles. The number of nitrogens with zero attached hydrogens (tertiary/aromatic N) is 4. The third kappa shape index (κ3) is 3.73. The number of aromatic nitrogens is 1.